The van der Waals surface area contributed by atoms with Crippen LogP contribution in [0.5, 0.6) is 5.75 Å². The van der Waals surface area contributed by atoms with E-state index < -0.39 is 11.8 Å². The number of aliphatic carboxylic acids is 1. The lowest BCUT2D eigenvalue weighted by Crippen LogP contribution is -2.14. The van der Waals surface area contributed by atoms with Gasteiger partial charge in [-0.05, 0) is 36.5 Å². The molecule has 1 aliphatic rings. The Morgan fingerprint density at radius 3 is 2.69 bits per heavy atom. The Labute approximate surface area is 92.8 Å². The van der Waals surface area contributed by atoms with E-state index in [1.54, 1.807) is 6.07 Å². The maximum Gasteiger partial charge on any atom is 0.377 e. The summed E-state index contributed by atoms with van der Waals surface area (Å²) in [6.45, 7) is 0. The van der Waals surface area contributed by atoms with Crippen LogP contribution in [0.15, 0.2) is 12.1 Å². The van der Waals surface area contributed by atoms with Gasteiger partial charge < -0.3 is 9.84 Å². The number of Topliss-reactive ketones (excluding diaryl/α,β-unsaturated/α-hetero) is 1. The first-order chi connectivity index (χ1) is 7.65. The molecule has 0 spiro atoms. The molecule has 0 heterocycles. The predicted molar refractivity (Wildman–Crippen MR) is 57.0 cm³/mol. The summed E-state index contributed by atoms with van der Waals surface area (Å²) in [6.07, 6.45) is 2.84. The minimum Gasteiger partial charge on any atom is -0.496 e. The van der Waals surface area contributed by atoms with Gasteiger partial charge in [-0.3, -0.25) is 4.79 Å². The van der Waals surface area contributed by atoms with Gasteiger partial charge in [-0.1, -0.05) is 6.07 Å². The second-order valence-corrected chi connectivity index (χ2v) is 3.77. The molecule has 4 heteroatoms. The number of rotatable bonds is 3. The van der Waals surface area contributed by atoms with Gasteiger partial charge in [0.05, 0.1) is 12.7 Å². The van der Waals surface area contributed by atoms with Crippen LogP contribution in [0.1, 0.15) is 27.9 Å². The molecule has 0 unspecified atom stereocenters. The minimum atomic E-state index is -1.45. The van der Waals surface area contributed by atoms with Crippen LogP contribution in [-0.4, -0.2) is 24.0 Å². The summed E-state index contributed by atoms with van der Waals surface area (Å²) in [4.78, 5) is 22.1. The number of fused-ring (bicyclic) bond motifs is 1. The van der Waals surface area contributed by atoms with Crippen LogP contribution in [0, 0.1) is 0 Å². The fourth-order valence-corrected chi connectivity index (χ4v) is 2.16. The molecule has 4 nitrogen and oxygen atoms in total. The average molecular weight is 220 g/mol. The second kappa shape index (κ2) is 3.96. The van der Waals surface area contributed by atoms with Crippen molar-refractivity contribution in [3.8, 4) is 5.75 Å². The van der Waals surface area contributed by atoms with Crippen LogP contribution in [-0.2, 0) is 17.6 Å². The Bertz CT molecular complexity index is 462. The van der Waals surface area contributed by atoms with Gasteiger partial charge in [0.2, 0.25) is 0 Å². The zero-order valence-corrected chi connectivity index (χ0v) is 8.95. The molecule has 0 aliphatic heterocycles. The highest BCUT2D eigenvalue weighted by atomic mass is 16.5. The van der Waals surface area contributed by atoms with Crippen LogP contribution in [0.25, 0.3) is 0 Å². The van der Waals surface area contributed by atoms with Crippen molar-refractivity contribution < 1.29 is 19.4 Å². The zero-order chi connectivity index (χ0) is 11.7. The van der Waals surface area contributed by atoms with E-state index >= 15 is 0 Å². The maximum atomic E-state index is 11.4. The average Bonchev–Trinajstić information content (AvgIpc) is 2.74. The first kappa shape index (κ1) is 10.7. The molecule has 0 radical (unpaired) electrons. The van der Waals surface area contributed by atoms with Gasteiger partial charge in [0.25, 0.3) is 5.78 Å². The predicted octanol–water partition coefficient (Wildman–Crippen LogP) is 1.45. The Balaban J connectivity index is 2.55. The van der Waals surface area contributed by atoms with Gasteiger partial charge in [0.15, 0.2) is 0 Å². The second-order valence-electron chi connectivity index (χ2n) is 3.77. The smallest absolute Gasteiger partial charge is 0.377 e. The molecule has 0 bridgehead atoms. The van der Waals surface area contributed by atoms with Crippen molar-refractivity contribution in [2.24, 2.45) is 0 Å². The minimum absolute atomic E-state index is 0.149. The molecule has 1 N–H and O–H groups in total. The van der Waals surface area contributed by atoms with Crippen molar-refractivity contribution in [1.82, 2.24) is 0 Å². The number of carbonyl (C=O) groups is 2. The summed E-state index contributed by atoms with van der Waals surface area (Å²) in [5, 5.41) is 8.70. The topological polar surface area (TPSA) is 63.6 Å². The molecule has 0 fully saturated rings. The first-order valence-electron chi connectivity index (χ1n) is 5.11. The molecule has 16 heavy (non-hydrogen) atoms. The third-order valence-corrected chi connectivity index (χ3v) is 2.87. The van der Waals surface area contributed by atoms with Gasteiger partial charge in [-0.25, -0.2) is 4.79 Å². The number of ether oxygens (including phenoxy) is 1. The molecule has 0 saturated heterocycles. The van der Waals surface area contributed by atoms with Crippen LogP contribution in [0.2, 0.25) is 0 Å². The van der Waals surface area contributed by atoms with E-state index in [4.69, 9.17) is 9.84 Å². The van der Waals surface area contributed by atoms with Crippen molar-refractivity contribution in [2.75, 3.05) is 7.11 Å². The van der Waals surface area contributed by atoms with Crippen molar-refractivity contribution in [3.63, 3.8) is 0 Å². The number of aryl methyl sites for hydroxylation is 1. The fraction of sp³-hybridized carbons (Fsp3) is 0.333. The summed E-state index contributed by atoms with van der Waals surface area (Å²) < 4.78 is 5.18. The van der Waals surface area contributed by atoms with Crippen molar-refractivity contribution in [3.05, 3.63) is 28.8 Å². The molecule has 1 aliphatic carbocycles. The first-order valence-corrected chi connectivity index (χ1v) is 5.11. The molecule has 2 rings (SSSR count). The SMILES string of the molecule is COc1c(C(=O)C(=O)O)ccc2c1CCC2. The standard InChI is InChI=1S/C12H12O4/c1-16-11-8-4-2-3-7(8)5-6-9(11)10(13)12(14)15/h5-6H,2-4H2,1H3,(H,14,15). The van der Waals surface area contributed by atoms with E-state index in [2.05, 4.69) is 0 Å². The van der Waals surface area contributed by atoms with Crippen LogP contribution < -0.4 is 4.74 Å². The van der Waals surface area contributed by atoms with Crippen LogP contribution >= 0.6 is 0 Å². The maximum absolute atomic E-state index is 11.4. The summed E-state index contributed by atoms with van der Waals surface area (Å²) in [5.74, 6) is -1.93. The fourth-order valence-electron chi connectivity index (χ4n) is 2.16. The van der Waals surface area contributed by atoms with Crippen molar-refractivity contribution >= 4 is 11.8 Å². The molecule has 1 aromatic rings. The quantitative estimate of drug-likeness (QED) is 0.618. The van der Waals surface area contributed by atoms with Gasteiger partial charge >= 0.3 is 5.97 Å². The number of carboxylic acids is 1. The number of methoxy groups -OCH3 is 1. The molecule has 0 saturated carbocycles. The Kier molecular flexibility index (Phi) is 2.64. The molecule has 1 aromatic carbocycles. The third-order valence-electron chi connectivity index (χ3n) is 2.87. The molecule has 0 amide bonds. The lowest BCUT2D eigenvalue weighted by molar-refractivity contribution is -0.131. The van der Waals surface area contributed by atoms with Crippen molar-refractivity contribution in [2.45, 2.75) is 19.3 Å². The Morgan fingerprint density at radius 2 is 2.06 bits per heavy atom. The lowest BCUT2D eigenvalue weighted by Gasteiger charge is -2.10. The number of hydrogen-bond acceptors (Lipinski definition) is 3. The molecular weight excluding hydrogens is 208 g/mol. The number of ketones is 1. The van der Waals surface area contributed by atoms with E-state index in [1.165, 1.54) is 7.11 Å². The largest absolute Gasteiger partial charge is 0.496 e. The molecule has 0 atom stereocenters. The van der Waals surface area contributed by atoms with E-state index in [1.807, 2.05) is 6.07 Å². The van der Waals surface area contributed by atoms with Crippen LogP contribution in [0.3, 0.4) is 0 Å². The highest BCUT2D eigenvalue weighted by Gasteiger charge is 2.25. The van der Waals surface area contributed by atoms with E-state index in [9.17, 15) is 9.59 Å². The van der Waals surface area contributed by atoms with Gasteiger partial charge in [0.1, 0.15) is 5.75 Å². The Morgan fingerprint density at radius 1 is 1.31 bits per heavy atom. The van der Waals surface area contributed by atoms with Gasteiger partial charge in [-0.2, -0.15) is 0 Å². The van der Waals surface area contributed by atoms with Gasteiger partial charge in [0, 0.05) is 0 Å². The third kappa shape index (κ3) is 1.56. The van der Waals surface area contributed by atoms with E-state index in [0.29, 0.717) is 5.75 Å². The van der Waals surface area contributed by atoms with Gasteiger partial charge in [-0.15, -0.1) is 0 Å². The molecule has 84 valence electrons. The number of carboxylic acid groups (broad SMARTS) is 1. The summed E-state index contributed by atoms with van der Waals surface area (Å²) >= 11 is 0. The highest BCUT2D eigenvalue weighted by molar-refractivity contribution is 6.40. The monoisotopic (exact) mass is 220 g/mol. The summed E-state index contributed by atoms with van der Waals surface area (Å²) in [6, 6.07) is 3.36. The number of hydrogen-bond donors (Lipinski definition) is 1. The van der Waals surface area contributed by atoms with Crippen molar-refractivity contribution in [1.29, 1.82) is 0 Å². The molecule has 0 aromatic heterocycles. The van der Waals surface area contributed by atoms with Crippen LogP contribution in [0.4, 0.5) is 0 Å². The lowest BCUT2D eigenvalue weighted by atomic mass is 10.0. The summed E-state index contributed by atoms with van der Waals surface area (Å²) in [5.41, 5.74) is 2.28. The Hall–Kier alpha value is -1.84. The zero-order valence-electron chi connectivity index (χ0n) is 8.95. The highest BCUT2D eigenvalue weighted by Crippen LogP contribution is 2.33. The van der Waals surface area contributed by atoms with E-state index in [-0.39, 0.29) is 5.56 Å². The normalized spacial score (nSPS) is 13.3. The summed E-state index contributed by atoms with van der Waals surface area (Å²) in [7, 11) is 1.46. The van der Waals surface area contributed by atoms with E-state index in [0.717, 1.165) is 30.4 Å². The number of carbonyl (C=O) groups excluding carboxylic acids is 1. The molecular formula is C12H12O4. The number of benzene rings is 1.